The van der Waals surface area contributed by atoms with Crippen LogP contribution in [0.25, 0.3) is 5.69 Å². The molecule has 8 nitrogen and oxygen atoms in total. The highest BCUT2D eigenvalue weighted by molar-refractivity contribution is 8.00. The van der Waals surface area contributed by atoms with Crippen molar-refractivity contribution >= 4 is 23.4 Å². The third kappa shape index (κ3) is 5.99. The number of rotatable bonds is 9. The summed E-state index contributed by atoms with van der Waals surface area (Å²) in [6.45, 7) is 1.99. The fourth-order valence-electron chi connectivity index (χ4n) is 3.25. The van der Waals surface area contributed by atoms with E-state index in [4.69, 9.17) is 14.7 Å². The molecule has 1 N–H and O–H groups in total. The van der Waals surface area contributed by atoms with Crippen molar-refractivity contribution < 1.29 is 14.3 Å². The number of ether oxygens (including phenoxy) is 2. The molecule has 1 aromatic heterocycles. The van der Waals surface area contributed by atoms with Crippen LogP contribution in [0.4, 0.5) is 5.69 Å². The average molecular weight is 486 g/mol. The summed E-state index contributed by atoms with van der Waals surface area (Å²) >= 11 is 1.29. The molecule has 9 heteroatoms. The second kappa shape index (κ2) is 11.2. The standard InChI is InChI=1S/C26H23N5O3S/c1-18(25(32)28-20-8-6-7-19(15-20)16-27)35-26-30-29-24(31(26)21-9-4-3-5-10-21)17-34-23-13-11-22(33-2)12-14-23/h3-15,18H,17H2,1-2H3,(H,28,32). The second-order valence-corrected chi connectivity index (χ2v) is 8.78. The van der Waals surface area contributed by atoms with Gasteiger partial charge in [0.2, 0.25) is 5.91 Å². The number of carbonyl (C=O) groups excluding carboxylic acids is 1. The highest BCUT2D eigenvalue weighted by Crippen LogP contribution is 2.27. The maximum atomic E-state index is 12.8. The van der Waals surface area contributed by atoms with Gasteiger partial charge in [-0.25, -0.2) is 0 Å². The molecule has 0 saturated heterocycles. The molecule has 0 aliphatic carbocycles. The minimum absolute atomic E-state index is 0.191. The first-order chi connectivity index (χ1) is 17.1. The van der Waals surface area contributed by atoms with Crippen LogP contribution in [0.1, 0.15) is 18.3 Å². The van der Waals surface area contributed by atoms with Crippen molar-refractivity contribution in [2.75, 3.05) is 12.4 Å². The molecule has 4 rings (SSSR count). The molecule has 0 fully saturated rings. The third-order valence-electron chi connectivity index (χ3n) is 5.05. The summed E-state index contributed by atoms with van der Waals surface area (Å²) in [6, 6.07) is 25.8. The third-order valence-corrected chi connectivity index (χ3v) is 6.10. The average Bonchev–Trinajstić information content (AvgIpc) is 3.30. The minimum atomic E-state index is -0.470. The number of anilines is 1. The van der Waals surface area contributed by atoms with Gasteiger partial charge in [0, 0.05) is 11.4 Å². The molecule has 1 heterocycles. The van der Waals surface area contributed by atoms with E-state index >= 15 is 0 Å². The monoisotopic (exact) mass is 485 g/mol. The molecule has 0 aliphatic rings. The van der Waals surface area contributed by atoms with Crippen LogP contribution in [-0.2, 0) is 11.4 Å². The van der Waals surface area contributed by atoms with E-state index in [1.807, 2.05) is 59.2 Å². The van der Waals surface area contributed by atoms with Crippen molar-refractivity contribution in [1.29, 1.82) is 5.26 Å². The predicted octanol–water partition coefficient (Wildman–Crippen LogP) is 4.85. The second-order valence-electron chi connectivity index (χ2n) is 7.48. The first-order valence-corrected chi connectivity index (χ1v) is 11.7. The highest BCUT2D eigenvalue weighted by atomic mass is 32.2. The topological polar surface area (TPSA) is 102 Å². The molecule has 0 radical (unpaired) electrons. The van der Waals surface area contributed by atoms with Crippen LogP contribution in [0.5, 0.6) is 11.5 Å². The number of para-hydroxylation sites is 1. The quantitative estimate of drug-likeness (QED) is 0.338. The number of hydrogen-bond donors (Lipinski definition) is 1. The largest absolute Gasteiger partial charge is 0.497 e. The molecule has 1 amide bonds. The molecule has 0 bridgehead atoms. The summed E-state index contributed by atoms with van der Waals surface area (Å²) < 4.78 is 13.0. The van der Waals surface area contributed by atoms with Crippen molar-refractivity contribution in [2.45, 2.75) is 23.9 Å². The molecule has 176 valence electrons. The molecule has 1 atom stereocenters. The Bertz CT molecular complexity index is 1330. The van der Waals surface area contributed by atoms with Crippen molar-refractivity contribution in [1.82, 2.24) is 14.8 Å². The van der Waals surface area contributed by atoms with Gasteiger partial charge in [-0.2, -0.15) is 5.26 Å². The number of methoxy groups -OCH3 is 1. The Morgan fingerprint density at radius 2 is 1.80 bits per heavy atom. The summed E-state index contributed by atoms with van der Waals surface area (Å²) in [4.78, 5) is 12.8. The van der Waals surface area contributed by atoms with Gasteiger partial charge in [-0.15, -0.1) is 10.2 Å². The van der Waals surface area contributed by atoms with Crippen LogP contribution in [0.15, 0.2) is 84.0 Å². The maximum Gasteiger partial charge on any atom is 0.237 e. The minimum Gasteiger partial charge on any atom is -0.497 e. The normalized spacial score (nSPS) is 11.3. The number of amides is 1. The van der Waals surface area contributed by atoms with Crippen LogP contribution in [0.3, 0.4) is 0 Å². The van der Waals surface area contributed by atoms with Gasteiger partial charge in [-0.1, -0.05) is 36.0 Å². The van der Waals surface area contributed by atoms with Gasteiger partial charge in [-0.05, 0) is 61.5 Å². The molecule has 3 aromatic carbocycles. The Balaban J connectivity index is 1.52. The zero-order valence-corrected chi connectivity index (χ0v) is 20.0. The fraction of sp³-hybridized carbons (Fsp3) is 0.154. The summed E-state index contributed by atoms with van der Waals surface area (Å²) in [6.07, 6.45) is 0. The lowest BCUT2D eigenvalue weighted by Gasteiger charge is -2.14. The van der Waals surface area contributed by atoms with E-state index in [-0.39, 0.29) is 12.5 Å². The fourth-order valence-corrected chi connectivity index (χ4v) is 4.13. The molecule has 4 aromatic rings. The Morgan fingerprint density at radius 3 is 2.51 bits per heavy atom. The van der Waals surface area contributed by atoms with Crippen molar-refractivity contribution in [3.8, 4) is 23.3 Å². The number of hydrogen-bond acceptors (Lipinski definition) is 7. The van der Waals surface area contributed by atoms with Gasteiger partial charge in [0.25, 0.3) is 0 Å². The van der Waals surface area contributed by atoms with Gasteiger partial charge in [0.05, 0.1) is 24.0 Å². The van der Waals surface area contributed by atoms with Crippen LogP contribution in [-0.4, -0.2) is 33.0 Å². The molecule has 0 spiro atoms. The Morgan fingerprint density at radius 1 is 1.06 bits per heavy atom. The molecule has 1 unspecified atom stereocenters. The van der Waals surface area contributed by atoms with E-state index in [1.165, 1.54) is 11.8 Å². The van der Waals surface area contributed by atoms with Crippen molar-refractivity contribution in [3.05, 3.63) is 90.3 Å². The number of carbonyl (C=O) groups is 1. The zero-order valence-electron chi connectivity index (χ0n) is 19.2. The number of thioether (sulfide) groups is 1. The highest BCUT2D eigenvalue weighted by Gasteiger charge is 2.21. The van der Waals surface area contributed by atoms with Crippen LogP contribution in [0, 0.1) is 11.3 Å². The number of benzene rings is 3. The SMILES string of the molecule is COc1ccc(OCc2nnc(SC(C)C(=O)Nc3cccc(C#N)c3)n2-c2ccccc2)cc1. The summed E-state index contributed by atoms with van der Waals surface area (Å²) in [7, 11) is 1.61. The summed E-state index contributed by atoms with van der Waals surface area (Å²) in [5.41, 5.74) is 1.91. The Labute approximate surface area is 207 Å². The first kappa shape index (κ1) is 23.9. The molecule has 0 saturated carbocycles. The van der Waals surface area contributed by atoms with Gasteiger partial charge < -0.3 is 14.8 Å². The van der Waals surface area contributed by atoms with Gasteiger partial charge >= 0.3 is 0 Å². The number of nitrogens with zero attached hydrogens (tertiary/aromatic N) is 4. The lowest BCUT2D eigenvalue weighted by atomic mass is 10.2. The van der Waals surface area contributed by atoms with Crippen LogP contribution < -0.4 is 14.8 Å². The van der Waals surface area contributed by atoms with Crippen LogP contribution in [0.2, 0.25) is 0 Å². The van der Waals surface area contributed by atoms with E-state index in [9.17, 15) is 4.79 Å². The lowest BCUT2D eigenvalue weighted by Crippen LogP contribution is -2.23. The molecular weight excluding hydrogens is 462 g/mol. The van der Waals surface area contributed by atoms with Gasteiger partial charge in [-0.3, -0.25) is 9.36 Å². The molecule has 35 heavy (non-hydrogen) atoms. The van der Waals surface area contributed by atoms with E-state index < -0.39 is 5.25 Å². The summed E-state index contributed by atoms with van der Waals surface area (Å²) in [5.74, 6) is 1.82. The number of nitriles is 1. The van der Waals surface area contributed by atoms with E-state index in [2.05, 4.69) is 21.6 Å². The van der Waals surface area contributed by atoms with E-state index in [1.54, 1.807) is 38.3 Å². The maximum absolute atomic E-state index is 12.8. The van der Waals surface area contributed by atoms with Crippen molar-refractivity contribution in [3.63, 3.8) is 0 Å². The van der Waals surface area contributed by atoms with E-state index in [0.717, 1.165) is 11.4 Å². The summed E-state index contributed by atoms with van der Waals surface area (Å²) in [5, 5.41) is 20.7. The van der Waals surface area contributed by atoms with Gasteiger partial charge in [0.15, 0.2) is 11.0 Å². The lowest BCUT2D eigenvalue weighted by molar-refractivity contribution is -0.115. The number of nitrogens with one attached hydrogen (secondary N) is 1. The Hall–Kier alpha value is -4.29. The van der Waals surface area contributed by atoms with Crippen LogP contribution >= 0.6 is 11.8 Å². The zero-order chi connectivity index (χ0) is 24.6. The molecular formula is C26H23N5O3S. The van der Waals surface area contributed by atoms with Crippen molar-refractivity contribution in [2.24, 2.45) is 0 Å². The molecule has 0 aliphatic heterocycles. The smallest absolute Gasteiger partial charge is 0.237 e. The number of aromatic nitrogens is 3. The Kier molecular flexibility index (Phi) is 7.65. The predicted molar refractivity (Wildman–Crippen MR) is 134 cm³/mol. The van der Waals surface area contributed by atoms with Gasteiger partial charge in [0.1, 0.15) is 18.1 Å². The van der Waals surface area contributed by atoms with E-state index in [0.29, 0.717) is 28.0 Å². The first-order valence-electron chi connectivity index (χ1n) is 10.8.